The van der Waals surface area contributed by atoms with Crippen molar-refractivity contribution in [2.75, 3.05) is 26.9 Å². The van der Waals surface area contributed by atoms with E-state index in [1.165, 1.54) is 11.1 Å². The van der Waals surface area contributed by atoms with Gasteiger partial charge in [-0.3, -0.25) is 0 Å². The number of hydrogen-bond acceptors (Lipinski definition) is 3. The summed E-state index contributed by atoms with van der Waals surface area (Å²) in [5, 5.41) is 3.57. The third-order valence-electron chi connectivity index (χ3n) is 3.63. The summed E-state index contributed by atoms with van der Waals surface area (Å²) < 4.78 is 11.1. The molecule has 1 aliphatic rings. The summed E-state index contributed by atoms with van der Waals surface area (Å²) in [6.07, 6.45) is 4.42. The number of ether oxygens (including phenoxy) is 2. The van der Waals surface area contributed by atoms with Crippen molar-refractivity contribution in [2.45, 2.75) is 38.6 Å². The van der Waals surface area contributed by atoms with Crippen LogP contribution in [0.1, 0.15) is 43.4 Å². The van der Waals surface area contributed by atoms with Gasteiger partial charge in [0, 0.05) is 25.3 Å². The van der Waals surface area contributed by atoms with Crippen LogP contribution in [0, 0.1) is 0 Å². The second kappa shape index (κ2) is 7.51. The Hall–Kier alpha value is -1.06. The maximum Gasteiger partial charge on any atom is 0.127 e. The first-order valence-corrected chi connectivity index (χ1v) is 7.33. The zero-order valence-corrected chi connectivity index (χ0v) is 12.1. The van der Waals surface area contributed by atoms with E-state index in [1.807, 2.05) is 0 Å². The number of methoxy groups -OCH3 is 1. The number of para-hydroxylation sites is 1. The lowest BCUT2D eigenvalue weighted by molar-refractivity contribution is 0.188. The maximum atomic E-state index is 5.92. The minimum Gasteiger partial charge on any atom is -0.493 e. The van der Waals surface area contributed by atoms with E-state index >= 15 is 0 Å². The molecule has 1 unspecified atom stereocenters. The topological polar surface area (TPSA) is 30.5 Å². The van der Waals surface area contributed by atoms with E-state index in [4.69, 9.17) is 9.47 Å². The summed E-state index contributed by atoms with van der Waals surface area (Å²) in [6, 6.07) is 6.91. The molecule has 2 rings (SSSR count). The molecule has 1 atom stereocenters. The summed E-state index contributed by atoms with van der Waals surface area (Å²) >= 11 is 0. The highest BCUT2D eigenvalue weighted by molar-refractivity contribution is 5.44. The lowest BCUT2D eigenvalue weighted by atomic mass is 9.95. The van der Waals surface area contributed by atoms with Gasteiger partial charge in [-0.1, -0.05) is 25.1 Å². The fraction of sp³-hybridized carbons (Fsp3) is 0.625. The van der Waals surface area contributed by atoms with Gasteiger partial charge in [0.2, 0.25) is 0 Å². The molecule has 106 valence electrons. The molecule has 0 saturated carbocycles. The Labute approximate surface area is 116 Å². The molecule has 0 aromatic heterocycles. The molecule has 3 nitrogen and oxygen atoms in total. The van der Waals surface area contributed by atoms with Gasteiger partial charge in [0.05, 0.1) is 6.61 Å². The Bertz CT molecular complexity index is 392. The van der Waals surface area contributed by atoms with Crippen LogP contribution in [0.25, 0.3) is 0 Å². The van der Waals surface area contributed by atoms with Crippen molar-refractivity contribution in [2.24, 2.45) is 0 Å². The normalized spacial score (nSPS) is 15.7. The maximum absolute atomic E-state index is 5.92. The van der Waals surface area contributed by atoms with Crippen LogP contribution in [-0.4, -0.2) is 26.9 Å². The predicted molar refractivity (Wildman–Crippen MR) is 77.8 cm³/mol. The first-order valence-electron chi connectivity index (χ1n) is 7.33. The molecule has 3 heteroatoms. The van der Waals surface area contributed by atoms with Crippen LogP contribution >= 0.6 is 0 Å². The molecule has 0 bridgehead atoms. The number of benzene rings is 1. The smallest absolute Gasteiger partial charge is 0.127 e. The van der Waals surface area contributed by atoms with Crippen molar-refractivity contribution in [1.29, 1.82) is 0 Å². The van der Waals surface area contributed by atoms with Crippen LogP contribution in [-0.2, 0) is 11.2 Å². The Balaban J connectivity index is 2.15. The quantitative estimate of drug-likeness (QED) is 0.767. The van der Waals surface area contributed by atoms with Crippen molar-refractivity contribution < 1.29 is 9.47 Å². The minimum atomic E-state index is 0.369. The second-order valence-corrected chi connectivity index (χ2v) is 5.03. The fourth-order valence-corrected chi connectivity index (χ4v) is 2.73. The molecule has 1 heterocycles. The molecule has 0 spiro atoms. The lowest BCUT2D eigenvalue weighted by Crippen LogP contribution is -2.23. The van der Waals surface area contributed by atoms with Crippen LogP contribution in [0.2, 0.25) is 0 Å². The Kier molecular flexibility index (Phi) is 5.67. The van der Waals surface area contributed by atoms with Gasteiger partial charge < -0.3 is 14.8 Å². The number of fused-ring (bicyclic) bond motifs is 1. The van der Waals surface area contributed by atoms with Gasteiger partial charge in [-0.2, -0.15) is 0 Å². The zero-order chi connectivity index (χ0) is 13.5. The van der Waals surface area contributed by atoms with E-state index in [0.29, 0.717) is 6.04 Å². The van der Waals surface area contributed by atoms with Crippen molar-refractivity contribution in [3.63, 3.8) is 0 Å². The highest BCUT2D eigenvalue weighted by Crippen LogP contribution is 2.34. The van der Waals surface area contributed by atoms with Crippen molar-refractivity contribution in [1.82, 2.24) is 5.32 Å². The molecule has 0 fully saturated rings. The van der Waals surface area contributed by atoms with Gasteiger partial charge in [-0.05, 0) is 37.8 Å². The monoisotopic (exact) mass is 263 g/mol. The highest BCUT2D eigenvalue weighted by atomic mass is 16.5. The first kappa shape index (κ1) is 14.4. The molecule has 0 amide bonds. The second-order valence-electron chi connectivity index (χ2n) is 5.03. The van der Waals surface area contributed by atoms with Gasteiger partial charge in [-0.15, -0.1) is 0 Å². The van der Waals surface area contributed by atoms with E-state index in [-0.39, 0.29) is 0 Å². The molecular formula is C16H25NO2. The van der Waals surface area contributed by atoms with Gasteiger partial charge >= 0.3 is 0 Å². The van der Waals surface area contributed by atoms with E-state index in [0.717, 1.165) is 51.2 Å². The minimum absolute atomic E-state index is 0.369. The van der Waals surface area contributed by atoms with Gasteiger partial charge in [-0.25, -0.2) is 0 Å². The molecule has 0 saturated heterocycles. The average molecular weight is 263 g/mol. The number of nitrogens with one attached hydrogen (secondary N) is 1. The zero-order valence-electron chi connectivity index (χ0n) is 12.1. The fourth-order valence-electron chi connectivity index (χ4n) is 2.73. The third-order valence-corrected chi connectivity index (χ3v) is 3.63. The molecule has 1 aromatic carbocycles. The van der Waals surface area contributed by atoms with Crippen LogP contribution in [0.15, 0.2) is 18.2 Å². The Morgan fingerprint density at radius 3 is 3.11 bits per heavy atom. The number of rotatable bonds is 7. The lowest BCUT2D eigenvalue weighted by Gasteiger charge is -2.25. The van der Waals surface area contributed by atoms with Gasteiger partial charge in [0.25, 0.3) is 0 Å². The summed E-state index contributed by atoms with van der Waals surface area (Å²) in [5.74, 6) is 1.12. The molecule has 0 aliphatic carbocycles. The van der Waals surface area contributed by atoms with E-state index in [2.05, 4.69) is 30.4 Å². The third kappa shape index (κ3) is 3.71. The molecule has 1 aromatic rings. The van der Waals surface area contributed by atoms with E-state index in [1.54, 1.807) is 7.11 Å². The van der Waals surface area contributed by atoms with E-state index < -0.39 is 0 Å². The van der Waals surface area contributed by atoms with Crippen molar-refractivity contribution in [3.8, 4) is 5.75 Å². The van der Waals surface area contributed by atoms with Crippen LogP contribution in [0.3, 0.4) is 0 Å². The van der Waals surface area contributed by atoms with Crippen molar-refractivity contribution in [3.05, 3.63) is 29.3 Å². The van der Waals surface area contributed by atoms with Gasteiger partial charge in [0.15, 0.2) is 0 Å². The van der Waals surface area contributed by atoms with Crippen LogP contribution < -0.4 is 10.1 Å². The predicted octanol–water partition coefficient (Wildman–Crippen LogP) is 3.09. The number of aryl methyl sites for hydroxylation is 1. The van der Waals surface area contributed by atoms with Crippen LogP contribution in [0.4, 0.5) is 0 Å². The Morgan fingerprint density at radius 1 is 1.42 bits per heavy atom. The highest BCUT2D eigenvalue weighted by Gasteiger charge is 2.20. The first-order chi connectivity index (χ1) is 9.36. The summed E-state index contributed by atoms with van der Waals surface area (Å²) in [5.41, 5.74) is 2.67. The SMILES string of the molecule is CCNC(CCCOC)c1cccc2c1OCCC2. The van der Waals surface area contributed by atoms with Gasteiger partial charge in [0.1, 0.15) is 5.75 Å². The van der Waals surface area contributed by atoms with E-state index in [9.17, 15) is 0 Å². The molecule has 1 N–H and O–H groups in total. The molecule has 19 heavy (non-hydrogen) atoms. The summed E-state index contributed by atoms with van der Waals surface area (Å²) in [6.45, 7) is 4.79. The standard InChI is InChI=1S/C16H25NO2/c1-3-17-15(10-6-11-18-2)14-9-4-7-13-8-5-12-19-16(13)14/h4,7,9,15,17H,3,5-6,8,10-12H2,1-2H3. The van der Waals surface area contributed by atoms with Crippen LogP contribution in [0.5, 0.6) is 5.75 Å². The summed E-state index contributed by atoms with van der Waals surface area (Å²) in [4.78, 5) is 0. The van der Waals surface area contributed by atoms with Crippen molar-refractivity contribution >= 4 is 0 Å². The summed E-state index contributed by atoms with van der Waals surface area (Å²) in [7, 11) is 1.76. The molecule has 1 aliphatic heterocycles. The Morgan fingerprint density at radius 2 is 2.32 bits per heavy atom. The number of hydrogen-bond donors (Lipinski definition) is 1. The molecule has 0 radical (unpaired) electrons. The average Bonchev–Trinajstić information content (AvgIpc) is 2.46. The largest absolute Gasteiger partial charge is 0.493 e. The molecular weight excluding hydrogens is 238 g/mol.